The second-order valence-electron chi connectivity index (χ2n) is 5.88. The molecule has 17 heavy (non-hydrogen) atoms. The summed E-state index contributed by atoms with van der Waals surface area (Å²) in [5, 5.41) is 12.1. The fourth-order valence-corrected chi connectivity index (χ4v) is 2.86. The van der Waals surface area contributed by atoms with Crippen LogP contribution in [0.15, 0.2) is 0 Å². The van der Waals surface area contributed by atoms with Crippen molar-refractivity contribution in [3.8, 4) is 0 Å². The van der Waals surface area contributed by atoms with Crippen molar-refractivity contribution in [1.29, 1.82) is 0 Å². The van der Waals surface area contributed by atoms with E-state index in [1.807, 2.05) is 0 Å². The number of carbonyl (C=O) groups is 1. The third-order valence-electron chi connectivity index (χ3n) is 4.30. The van der Waals surface area contributed by atoms with E-state index in [0.29, 0.717) is 6.42 Å². The standard InChI is InChI=1S/C14H25NO2/c16-11-14(9-10-14)15-13(17)8-4-7-12-5-2-1-3-6-12/h12,16H,1-11H2,(H,15,17). The van der Waals surface area contributed by atoms with E-state index in [-0.39, 0.29) is 18.1 Å². The summed E-state index contributed by atoms with van der Waals surface area (Å²) in [5.74, 6) is 0.997. The molecule has 0 aromatic carbocycles. The smallest absolute Gasteiger partial charge is 0.220 e. The van der Waals surface area contributed by atoms with Gasteiger partial charge in [-0.1, -0.05) is 32.1 Å². The Labute approximate surface area is 104 Å². The molecule has 2 N–H and O–H groups in total. The zero-order chi connectivity index (χ0) is 12.1. The Morgan fingerprint density at radius 2 is 1.94 bits per heavy atom. The molecule has 2 saturated carbocycles. The molecule has 0 aromatic heterocycles. The van der Waals surface area contributed by atoms with Crippen LogP contribution >= 0.6 is 0 Å². The topological polar surface area (TPSA) is 49.3 Å². The third-order valence-corrected chi connectivity index (χ3v) is 4.30. The maximum absolute atomic E-state index is 11.7. The van der Waals surface area contributed by atoms with Gasteiger partial charge in [0.2, 0.25) is 5.91 Å². The molecule has 2 aliphatic rings. The molecule has 2 aliphatic carbocycles. The van der Waals surface area contributed by atoms with Crippen LogP contribution in [0.5, 0.6) is 0 Å². The van der Waals surface area contributed by atoms with Crippen LogP contribution in [-0.2, 0) is 4.79 Å². The molecular weight excluding hydrogens is 214 g/mol. The van der Waals surface area contributed by atoms with Crippen molar-refractivity contribution in [2.24, 2.45) is 5.92 Å². The summed E-state index contributed by atoms with van der Waals surface area (Å²) >= 11 is 0. The Balaban J connectivity index is 1.56. The van der Waals surface area contributed by atoms with Gasteiger partial charge in [-0.25, -0.2) is 0 Å². The Morgan fingerprint density at radius 1 is 1.24 bits per heavy atom. The summed E-state index contributed by atoms with van der Waals surface area (Å²) in [6.07, 6.45) is 11.6. The van der Waals surface area contributed by atoms with Gasteiger partial charge in [0.1, 0.15) is 0 Å². The first kappa shape index (κ1) is 12.9. The van der Waals surface area contributed by atoms with E-state index < -0.39 is 0 Å². The lowest BCUT2D eigenvalue weighted by Crippen LogP contribution is -2.39. The van der Waals surface area contributed by atoms with Gasteiger partial charge < -0.3 is 10.4 Å². The first-order valence-electron chi connectivity index (χ1n) is 7.16. The second-order valence-corrected chi connectivity index (χ2v) is 5.88. The van der Waals surface area contributed by atoms with Crippen molar-refractivity contribution < 1.29 is 9.90 Å². The Kier molecular flexibility index (Phi) is 4.43. The van der Waals surface area contributed by atoms with E-state index in [1.54, 1.807) is 0 Å². The summed E-state index contributed by atoms with van der Waals surface area (Å²) in [5.41, 5.74) is -0.234. The molecular formula is C14H25NO2. The van der Waals surface area contributed by atoms with Crippen molar-refractivity contribution in [2.45, 2.75) is 69.7 Å². The van der Waals surface area contributed by atoms with Crippen molar-refractivity contribution in [1.82, 2.24) is 5.32 Å². The molecule has 98 valence electrons. The highest BCUT2D eigenvalue weighted by Crippen LogP contribution is 2.34. The van der Waals surface area contributed by atoms with Crippen LogP contribution in [0.25, 0.3) is 0 Å². The fourth-order valence-electron chi connectivity index (χ4n) is 2.86. The minimum atomic E-state index is -0.234. The van der Waals surface area contributed by atoms with Crippen LogP contribution in [0.4, 0.5) is 0 Å². The Bertz CT molecular complexity index is 255. The number of aliphatic hydroxyl groups excluding tert-OH is 1. The maximum Gasteiger partial charge on any atom is 0.220 e. The molecule has 0 saturated heterocycles. The van der Waals surface area contributed by atoms with E-state index in [0.717, 1.165) is 25.2 Å². The maximum atomic E-state index is 11.7. The molecule has 0 bridgehead atoms. The molecule has 0 atom stereocenters. The van der Waals surface area contributed by atoms with Crippen molar-refractivity contribution in [2.75, 3.05) is 6.61 Å². The van der Waals surface area contributed by atoms with Gasteiger partial charge in [-0.3, -0.25) is 4.79 Å². The normalized spacial score (nSPS) is 23.4. The monoisotopic (exact) mass is 239 g/mol. The Morgan fingerprint density at radius 3 is 2.53 bits per heavy atom. The van der Waals surface area contributed by atoms with E-state index in [2.05, 4.69) is 5.32 Å². The van der Waals surface area contributed by atoms with Gasteiger partial charge >= 0.3 is 0 Å². The molecule has 3 nitrogen and oxygen atoms in total. The molecule has 0 aromatic rings. The van der Waals surface area contributed by atoms with E-state index in [9.17, 15) is 4.79 Å². The summed E-state index contributed by atoms with van der Waals surface area (Å²) in [7, 11) is 0. The van der Waals surface area contributed by atoms with Crippen LogP contribution in [0, 0.1) is 5.92 Å². The minimum absolute atomic E-state index is 0.0986. The summed E-state index contributed by atoms with van der Waals surface area (Å²) in [6.45, 7) is 0.0986. The highest BCUT2D eigenvalue weighted by Gasteiger charge is 2.43. The number of rotatable bonds is 6. The summed E-state index contributed by atoms with van der Waals surface area (Å²) < 4.78 is 0. The SMILES string of the molecule is O=C(CCCC1CCCCC1)NC1(CO)CC1. The number of aliphatic hydroxyl groups is 1. The number of hydrogen-bond donors (Lipinski definition) is 2. The molecule has 0 heterocycles. The molecule has 0 unspecified atom stereocenters. The van der Waals surface area contributed by atoms with Crippen LogP contribution < -0.4 is 5.32 Å². The highest BCUT2D eigenvalue weighted by atomic mass is 16.3. The predicted octanol–water partition coefficient (Wildman–Crippen LogP) is 2.38. The largest absolute Gasteiger partial charge is 0.394 e. The van der Waals surface area contributed by atoms with Crippen LogP contribution in [-0.4, -0.2) is 23.2 Å². The Hall–Kier alpha value is -0.570. The molecule has 0 aliphatic heterocycles. The average Bonchev–Trinajstić information content (AvgIpc) is 3.11. The van der Waals surface area contributed by atoms with Crippen LogP contribution in [0.2, 0.25) is 0 Å². The van der Waals surface area contributed by atoms with E-state index in [4.69, 9.17) is 5.11 Å². The lowest BCUT2D eigenvalue weighted by Gasteiger charge is -2.21. The molecule has 1 amide bonds. The predicted molar refractivity (Wildman–Crippen MR) is 67.6 cm³/mol. The zero-order valence-electron chi connectivity index (χ0n) is 10.7. The lowest BCUT2D eigenvalue weighted by molar-refractivity contribution is -0.122. The minimum Gasteiger partial charge on any atom is -0.394 e. The summed E-state index contributed by atoms with van der Waals surface area (Å²) in [4.78, 5) is 11.7. The van der Waals surface area contributed by atoms with Gasteiger partial charge in [0.15, 0.2) is 0 Å². The number of hydrogen-bond acceptors (Lipinski definition) is 2. The number of carbonyl (C=O) groups excluding carboxylic acids is 1. The molecule has 2 fully saturated rings. The van der Waals surface area contributed by atoms with Gasteiger partial charge in [-0.15, -0.1) is 0 Å². The van der Waals surface area contributed by atoms with Crippen LogP contribution in [0.1, 0.15) is 64.2 Å². The molecule has 2 rings (SSSR count). The van der Waals surface area contributed by atoms with Crippen molar-refractivity contribution in [3.05, 3.63) is 0 Å². The first-order valence-corrected chi connectivity index (χ1v) is 7.16. The van der Waals surface area contributed by atoms with E-state index in [1.165, 1.54) is 38.5 Å². The molecule has 0 radical (unpaired) electrons. The molecule has 3 heteroatoms. The van der Waals surface area contributed by atoms with Gasteiger partial charge in [0.05, 0.1) is 12.1 Å². The van der Waals surface area contributed by atoms with Gasteiger partial charge in [-0.05, 0) is 31.6 Å². The average molecular weight is 239 g/mol. The summed E-state index contributed by atoms with van der Waals surface area (Å²) in [6, 6.07) is 0. The third kappa shape index (κ3) is 3.98. The highest BCUT2D eigenvalue weighted by molar-refractivity contribution is 5.77. The number of nitrogens with one attached hydrogen (secondary N) is 1. The first-order chi connectivity index (χ1) is 8.24. The van der Waals surface area contributed by atoms with Gasteiger partial charge in [0.25, 0.3) is 0 Å². The van der Waals surface area contributed by atoms with Crippen molar-refractivity contribution >= 4 is 5.91 Å². The quantitative estimate of drug-likeness (QED) is 0.747. The molecule has 0 spiro atoms. The van der Waals surface area contributed by atoms with Gasteiger partial charge in [0, 0.05) is 6.42 Å². The fraction of sp³-hybridized carbons (Fsp3) is 0.929. The second kappa shape index (κ2) is 5.85. The zero-order valence-corrected chi connectivity index (χ0v) is 10.7. The van der Waals surface area contributed by atoms with Gasteiger partial charge in [-0.2, -0.15) is 0 Å². The number of amides is 1. The van der Waals surface area contributed by atoms with Crippen molar-refractivity contribution in [3.63, 3.8) is 0 Å². The lowest BCUT2D eigenvalue weighted by atomic mass is 9.86. The van der Waals surface area contributed by atoms with E-state index >= 15 is 0 Å². The van der Waals surface area contributed by atoms with Crippen LogP contribution in [0.3, 0.4) is 0 Å².